The lowest BCUT2D eigenvalue weighted by Crippen LogP contribution is -2.29. The summed E-state index contributed by atoms with van der Waals surface area (Å²) < 4.78 is 16.3. The van der Waals surface area contributed by atoms with E-state index in [0.717, 1.165) is 28.8 Å². The molecule has 0 aromatic carbocycles. The van der Waals surface area contributed by atoms with E-state index in [4.69, 9.17) is 0 Å². The van der Waals surface area contributed by atoms with Crippen LogP contribution in [0.1, 0.15) is 29.9 Å². The summed E-state index contributed by atoms with van der Waals surface area (Å²) in [5, 5.41) is 1.90. The number of hydrogen-bond acceptors (Lipinski definition) is 4. The molecule has 4 aromatic rings. The molecule has 1 saturated carbocycles. The fourth-order valence-electron chi connectivity index (χ4n) is 3.78. The molecule has 5 rings (SSSR count). The lowest BCUT2D eigenvalue weighted by atomic mass is 9.99. The number of halogens is 1. The number of nitrogens with one attached hydrogen (secondary N) is 1. The molecule has 28 heavy (non-hydrogen) atoms. The summed E-state index contributed by atoms with van der Waals surface area (Å²) in [7, 11) is 0. The van der Waals surface area contributed by atoms with E-state index in [-0.39, 0.29) is 11.5 Å². The van der Waals surface area contributed by atoms with E-state index < -0.39 is 11.5 Å². The number of rotatable bonds is 3. The monoisotopic (exact) mass is 393 g/mol. The second-order valence-corrected chi connectivity index (χ2v) is 7.99. The molecule has 140 valence electrons. The summed E-state index contributed by atoms with van der Waals surface area (Å²) in [5.74, 6) is -0.355. The van der Waals surface area contributed by atoms with Gasteiger partial charge >= 0.3 is 5.69 Å². The van der Waals surface area contributed by atoms with Crippen LogP contribution in [0.15, 0.2) is 51.8 Å². The maximum absolute atomic E-state index is 15.0. The quantitative estimate of drug-likeness (QED) is 0.570. The van der Waals surface area contributed by atoms with Crippen LogP contribution in [0.5, 0.6) is 0 Å². The fourth-order valence-corrected chi connectivity index (χ4v) is 4.69. The van der Waals surface area contributed by atoms with E-state index in [1.165, 1.54) is 21.9 Å². The molecular formula is C21H16FN3O2S. The van der Waals surface area contributed by atoms with Crippen molar-refractivity contribution in [2.45, 2.75) is 25.7 Å². The first-order chi connectivity index (χ1) is 13.5. The molecule has 1 aliphatic rings. The number of thiophene rings is 1. The highest BCUT2D eigenvalue weighted by Gasteiger charge is 2.31. The number of nitrogens with zero attached hydrogens (tertiary/aromatic N) is 2. The minimum Gasteiger partial charge on any atom is -0.273 e. The van der Waals surface area contributed by atoms with Crippen molar-refractivity contribution < 1.29 is 4.39 Å². The summed E-state index contributed by atoms with van der Waals surface area (Å²) in [6, 6.07) is 5.75. The van der Waals surface area contributed by atoms with E-state index in [0.29, 0.717) is 22.2 Å². The first-order valence-electron chi connectivity index (χ1n) is 9.01. The molecule has 4 aromatic heterocycles. The number of fused-ring (bicyclic) bond motifs is 1. The van der Waals surface area contributed by atoms with Crippen LogP contribution >= 0.6 is 11.3 Å². The molecule has 5 nitrogen and oxygen atoms in total. The van der Waals surface area contributed by atoms with Crippen molar-refractivity contribution in [3.8, 4) is 21.6 Å². The van der Waals surface area contributed by atoms with Crippen LogP contribution in [-0.2, 0) is 0 Å². The number of hydrogen-bond donors (Lipinski definition) is 1. The topological polar surface area (TPSA) is 67.2 Å². The second kappa shape index (κ2) is 6.24. The van der Waals surface area contributed by atoms with Crippen molar-refractivity contribution in [2.24, 2.45) is 0 Å². The van der Waals surface area contributed by atoms with Crippen LogP contribution in [-0.4, -0.2) is 14.4 Å². The van der Waals surface area contributed by atoms with Crippen molar-refractivity contribution in [3.63, 3.8) is 0 Å². The molecule has 0 saturated heterocycles. The van der Waals surface area contributed by atoms with Gasteiger partial charge in [0.2, 0.25) is 0 Å². The Hall–Kier alpha value is -3.06. The van der Waals surface area contributed by atoms with Gasteiger partial charge in [-0.3, -0.25) is 19.2 Å². The zero-order valence-electron chi connectivity index (χ0n) is 15.0. The first-order valence-corrected chi connectivity index (χ1v) is 9.89. The molecule has 7 heteroatoms. The Bertz CT molecular complexity index is 1330. The van der Waals surface area contributed by atoms with Crippen LogP contribution in [0, 0.1) is 12.7 Å². The van der Waals surface area contributed by atoms with Gasteiger partial charge in [0.05, 0.1) is 11.7 Å². The Morgan fingerprint density at radius 3 is 2.68 bits per heavy atom. The Labute approximate surface area is 163 Å². The van der Waals surface area contributed by atoms with Crippen molar-refractivity contribution in [2.75, 3.05) is 0 Å². The molecule has 0 bridgehead atoms. The smallest absolute Gasteiger partial charge is 0.273 e. The molecular weight excluding hydrogens is 377 g/mol. The van der Waals surface area contributed by atoms with Crippen LogP contribution in [0.25, 0.3) is 27.1 Å². The second-order valence-electron chi connectivity index (χ2n) is 7.08. The molecule has 1 fully saturated rings. The highest BCUT2D eigenvalue weighted by Crippen LogP contribution is 2.42. The van der Waals surface area contributed by atoms with Gasteiger partial charge in [-0.2, -0.15) is 0 Å². The third-order valence-electron chi connectivity index (χ3n) is 5.23. The van der Waals surface area contributed by atoms with Crippen LogP contribution in [0.3, 0.4) is 0 Å². The number of aromatic nitrogens is 3. The van der Waals surface area contributed by atoms with E-state index >= 15 is 4.39 Å². The molecule has 0 radical (unpaired) electrons. The van der Waals surface area contributed by atoms with E-state index in [1.54, 1.807) is 19.3 Å². The number of aromatic amines is 1. The van der Waals surface area contributed by atoms with Gasteiger partial charge in [0.15, 0.2) is 0 Å². The minimum absolute atomic E-state index is 0.131. The summed E-state index contributed by atoms with van der Waals surface area (Å²) in [6.07, 6.45) is 6.45. The average molecular weight is 393 g/mol. The maximum Gasteiger partial charge on any atom is 0.333 e. The highest BCUT2D eigenvalue weighted by molar-refractivity contribution is 7.14. The van der Waals surface area contributed by atoms with Crippen LogP contribution < -0.4 is 11.2 Å². The van der Waals surface area contributed by atoms with E-state index in [1.807, 2.05) is 23.6 Å². The molecule has 1 aliphatic carbocycles. The predicted molar refractivity (Wildman–Crippen MR) is 108 cm³/mol. The largest absolute Gasteiger partial charge is 0.333 e. The summed E-state index contributed by atoms with van der Waals surface area (Å²) in [6.45, 7) is 1.78. The van der Waals surface area contributed by atoms with Gasteiger partial charge in [0.25, 0.3) is 5.56 Å². The summed E-state index contributed by atoms with van der Waals surface area (Å²) >= 11 is 1.52. The van der Waals surface area contributed by atoms with Gasteiger partial charge in [-0.15, -0.1) is 11.3 Å². The highest BCUT2D eigenvalue weighted by atomic mass is 32.1. The molecule has 0 atom stereocenters. The van der Waals surface area contributed by atoms with Gasteiger partial charge in [-0.25, -0.2) is 9.18 Å². The molecule has 1 N–H and O–H groups in total. The number of H-pyrrole nitrogens is 1. The van der Waals surface area contributed by atoms with Crippen molar-refractivity contribution in [3.05, 3.63) is 80.0 Å². The minimum atomic E-state index is -0.610. The third-order valence-corrected chi connectivity index (χ3v) is 6.21. The van der Waals surface area contributed by atoms with Gasteiger partial charge in [0.1, 0.15) is 5.82 Å². The average Bonchev–Trinajstić information content (AvgIpc) is 3.40. The zero-order chi connectivity index (χ0) is 19.4. The van der Waals surface area contributed by atoms with Crippen molar-refractivity contribution >= 4 is 16.9 Å². The number of pyridine rings is 2. The normalized spacial score (nSPS) is 13.9. The van der Waals surface area contributed by atoms with Gasteiger partial charge in [-0.05, 0) is 66.0 Å². The number of aryl methyl sites for hydroxylation is 1. The predicted octanol–water partition coefficient (Wildman–Crippen LogP) is 4.10. The molecule has 4 heterocycles. The van der Waals surface area contributed by atoms with Crippen LogP contribution in [0.4, 0.5) is 4.39 Å². The molecule has 0 unspecified atom stereocenters. The lowest BCUT2D eigenvalue weighted by Gasteiger charge is -2.13. The maximum atomic E-state index is 15.0. The molecule has 0 spiro atoms. The third kappa shape index (κ3) is 2.62. The Kier molecular flexibility index (Phi) is 3.80. The van der Waals surface area contributed by atoms with Gasteiger partial charge in [0, 0.05) is 28.4 Å². The van der Waals surface area contributed by atoms with E-state index in [9.17, 15) is 9.59 Å². The standard InChI is InChI=1S/C21H16FN3O2S/c1-11-17(14-8-16(28-10-14)12-4-6-23-7-5-12)15(22)9-25-19(11)18(13-2-3-13)20(26)24-21(25)27/h4-10,13H,2-3H2,1H3,(H,24,26,27). The SMILES string of the molecule is Cc1c(-c2csc(-c3ccncc3)c2)c(F)cn2c(=O)[nH]c(=O)c(C3CC3)c12. The van der Waals surface area contributed by atoms with Crippen LogP contribution in [0.2, 0.25) is 0 Å². The van der Waals surface area contributed by atoms with Gasteiger partial charge in [-0.1, -0.05) is 0 Å². The van der Waals surface area contributed by atoms with Gasteiger partial charge < -0.3 is 0 Å². The zero-order valence-corrected chi connectivity index (χ0v) is 15.8. The van der Waals surface area contributed by atoms with E-state index in [2.05, 4.69) is 9.97 Å². The molecule has 0 aliphatic heterocycles. The first kappa shape index (κ1) is 17.1. The molecule has 0 amide bonds. The Morgan fingerprint density at radius 2 is 1.96 bits per heavy atom. The summed E-state index contributed by atoms with van der Waals surface area (Å²) in [5.41, 5.74) is 2.94. The van der Waals surface area contributed by atoms with Crippen molar-refractivity contribution in [1.29, 1.82) is 0 Å². The summed E-state index contributed by atoms with van der Waals surface area (Å²) in [4.78, 5) is 32.1. The Morgan fingerprint density at radius 1 is 1.21 bits per heavy atom. The fraction of sp³-hybridized carbons (Fsp3) is 0.190. The van der Waals surface area contributed by atoms with Crippen molar-refractivity contribution in [1.82, 2.24) is 14.4 Å². The Balaban J connectivity index is 1.77. The lowest BCUT2D eigenvalue weighted by molar-refractivity contribution is 0.618.